The number of carbonyl (C=O) groups excluding carboxylic acids is 2. The van der Waals surface area contributed by atoms with Crippen molar-refractivity contribution < 1.29 is 14.5 Å². The third-order valence-electron chi connectivity index (χ3n) is 5.17. The van der Waals surface area contributed by atoms with Gasteiger partial charge in [0.2, 0.25) is 5.91 Å². The van der Waals surface area contributed by atoms with Gasteiger partial charge in [-0.25, -0.2) is 0 Å². The highest BCUT2D eigenvalue weighted by atomic mass is 16.6. The van der Waals surface area contributed by atoms with Gasteiger partial charge in [0.05, 0.1) is 4.92 Å². The second kappa shape index (κ2) is 7.79. The molecule has 7 nitrogen and oxygen atoms in total. The summed E-state index contributed by atoms with van der Waals surface area (Å²) in [6, 6.07) is 18.8. The van der Waals surface area contributed by atoms with E-state index in [0.717, 1.165) is 23.2 Å². The molecule has 7 heteroatoms. The molecule has 1 N–H and O–H groups in total. The average molecular weight is 401 g/mol. The topological polar surface area (TPSA) is 92.6 Å². The molecule has 2 amide bonds. The lowest BCUT2D eigenvalue weighted by atomic mass is 9.99. The summed E-state index contributed by atoms with van der Waals surface area (Å²) in [6.07, 6.45) is 0.748. The molecule has 0 fully saturated rings. The zero-order valence-electron chi connectivity index (χ0n) is 16.3. The molecule has 3 aromatic rings. The van der Waals surface area contributed by atoms with Gasteiger partial charge < -0.3 is 10.2 Å². The van der Waals surface area contributed by atoms with E-state index in [0.29, 0.717) is 23.4 Å². The summed E-state index contributed by atoms with van der Waals surface area (Å²) < 4.78 is 0. The van der Waals surface area contributed by atoms with Crippen LogP contribution >= 0.6 is 0 Å². The average Bonchev–Trinajstić information content (AvgIpc) is 3.17. The number of nitrogens with one attached hydrogen (secondary N) is 1. The Kier molecular flexibility index (Phi) is 5.02. The van der Waals surface area contributed by atoms with Gasteiger partial charge in [-0.2, -0.15) is 0 Å². The summed E-state index contributed by atoms with van der Waals surface area (Å²) in [5.74, 6) is -0.270. The monoisotopic (exact) mass is 401 g/mol. The predicted octanol–water partition coefficient (Wildman–Crippen LogP) is 4.42. The van der Waals surface area contributed by atoms with Gasteiger partial charge in [0.25, 0.3) is 11.6 Å². The molecule has 1 aliphatic rings. The molecular weight excluding hydrogens is 382 g/mol. The van der Waals surface area contributed by atoms with Gasteiger partial charge in [-0.15, -0.1) is 0 Å². The predicted molar refractivity (Wildman–Crippen MR) is 115 cm³/mol. The number of nitro groups is 1. The standard InChI is InChI=1S/C23H19N3O4/c1-15(27)25-13-12-17-14-18(8-11-22(17)25)24-23(28)21-5-3-2-4-20(21)16-6-9-19(10-7-16)26(29)30/h2-11,14H,12-13H2,1H3,(H,24,28). The van der Waals surface area contributed by atoms with E-state index in [2.05, 4.69) is 5.32 Å². The fraction of sp³-hybridized carbons (Fsp3) is 0.130. The van der Waals surface area contributed by atoms with E-state index in [1.54, 1.807) is 42.2 Å². The molecule has 0 unspecified atom stereocenters. The van der Waals surface area contributed by atoms with Crippen molar-refractivity contribution >= 4 is 28.9 Å². The van der Waals surface area contributed by atoms with Crippen LogP contribution < -0.4 is 10.2 Å². The summed E-state index contributed by atoms with van der Waals surface area (Å²) in [4.78, 5) is 36.8. The summed E-state index contributed by atoms with van der Waals surface area (Å²) in [6.45, 7) is 2.19. The number of nitrogens with zero attached hydrogens (tertiary/aromatic N) is 2. The number of amides is 2. The highest BCUT2D eigenvalue weighted by molar-refractivity contribution is 6.09. The van der Waals surface area contributed by atoms with Crippen molar-refractivity contribution in [3.8, 4) is 11.1 Å². The quantitative estimate of drug-likeness (QED) is 0.517. The molecule has 0 spiro atoms. The van der Waals surface area contributed by atoms with Crippen LogP contribution in [0.1, 0.15) is 22.8 Å². The highest BCUT2D eigenvalue weighted by Gasteiger charge is 2.22. The van der Waals surface area contributed by atoms with Crippen LogP contribution in [0.2, 0.25) is 0 Å². The fourth-order valence-electron chi connectivity index (χ4n) is 3.70. The Morgan fingerprint density at radius 2 is 1.77 bits per heavy atom. The first-order valence-electron chi connectivity index (χ1n) is 9.50. The highest BCUT2D eigenvalue weighted by Crippen LogP contribution is 2.31. The molecule has 1 aliphatic heterocycles. The third kappa shape index (κ3) is 3.65. The van der Waals surface area contributed by atoms with Gasteiger partial charge in [0, 0.05) is 42.5 Å². The number of non-ortho nitro benzene ring substituents is 1. The number of fused-ring (bicyclic) bond motifs is 1. The van der Waals surface area contributed by atoms with E-state index in [1.807, 2.05) is 24.3 Å². The zero-order chi connectivity index (χ0) is 21.3. The van der Waals surface area contributed by atoms with Crippen molar-refractivity contribution in [3.05, 3.63) is 88.0 Å². The number of carbonyl (C=O) groups is 2. The van der Waals surface area contributed by atoms with Crippen LogP contribution in [0.5, 0.6) is 0 Å². The van der Waals surface area contributed by atoms with Crippen LogP contribution in [-0.2, 0) is 11.2 Å². The lowest BCUT2D eigenvalue weighted by Gasteiger charge is -2.15. The Bertz CT molecular complexity index is 1160. The smallest absolute Gasteiger partial charge is 0.269 e. The minimum atomic E-state index is -0.455. The SMILES string of the molecule is CC(=O)N1CCc2cc(NC(=O)c3ccccc3-c3ccc([N+](=O)[O-])cc3)ccc21. The molecular formula is C23H19N3O4. The normalized spacial score (nSPS) is 12.4. The number of hydrogen-bond donors (Lipinski definition) is 1. The molecule has 1 heterocycles. The fourth-order valence-corrected chi connectivity index (χ4v) is 3.70. The van der Waals surface area contributed by atoms with Gasteiger partial charge in [-0.1, -0.05) is 18.2 Å². The first kappa shape index (κ1) is 19.3. The minimum Gasteiger partial charge on any atom is -0.322 e. The van der Waals surface area contributed by atoms with E-state index in [1.165, 1.54) is 12.1 Å². The molecule has 0 saturated heterocycles. The van der Waals surface area contributed by atoms with Gasteiger partial charge in [0.1, 0.15) is 0 Å². The number of rotatable bonds is 4. The van der Waals surface area contributed by atoms with Crippen molar-refractivity contribution in [2.45, 2.75) is 13.3 Å². The number of anilines is 2. The molecule has 0 saturated carbocycles. The lowest BCUT2D eigenvalue weighted by molar-refractivity contribution is -0.384. The Morgan fingerprint density at radius 1 is 1.03 bits per heavy atom. The third-order valence-corrected chi connectivity index (χ3v) is 5.17. The van der Waals surface area contributed by atoms with E-state index in [-0.39, 0.29) is 17.5 Å². The summed E-state index contributed by atoms with van der Waals surface area (Å²) in [5, 5.41) is 13.8. The Hall–Kier alpha value is -4.00. The number of hydrogen-bond acceptors (Lipinski definition) is 4. The maximum absolute atomic E-state index is 13.0. The van der Waals surface area contributed by atoms with Crippen LogP contribution in [0, 0.1) is 10.1 Å². The first-order valence-corrected chi connectivity index (χ1v) is 9.50. The van der Waals surface area contributed by atoms with Crippen LogP contribution in [-0.4, -0.2) is 23.3 Å². The Labute approximate surface area is 173 Å². The van der Waals surface area contributed by atoms with Gasteiger partial charge in [-0.05, 0) is 59.5 Å². The summed E-state index contributed by atoms with van der Waals surface area (Å²) in [5.41, 5.74) is 4.43. The van der Waals surface area contributed by atoms with E-state index >= 15 is 0 Å². The second-order valence-corrected chi connectivity index (χ2v) is 7.07. The second-order valence-electron chi connectivity index (χ2n) is 7.07. The molecule has 0 radical (unpaired) electrons. The van der Waals surface area contributed by atoms with E-state index < -0.39 is 4.92 Å². The number of nitro benzene ring substituents is 1. The van der Waals surface area contributed by atoms with Crippen LogP contribution in [0.3, 0.4) is 0 Å². The van der Waals surface area contributed by atoms with Crippen LogP contribution in [0.15, 0.2) is 66.7 Å². The van der Waals surface area contributed by atoms with Gasteiger partial charge in [0.15, 0.2) is 0 Å². The van der Waals surface area contributed by atoms with Crippen molar-refractivity contribution in [1.82, 2.24) is 0 Å². The van der Waals surface area contributed by atoms with Crippen molar-refractivity contribution in [2.75, 3.05) is 16.8 Å². The number of benzene rings is 3. The van der Waals surface area contributed by atoms with Crippen molar-refractivity contribution in [2.24, 2.45) is 0 Å². The lowest BCUT2D eigenvalue weighted by Crippen LogP contribution is -2.25. The Balaban J connectivity index is 1.59. The van der Waals surface area contributed by atoms with Crippen molar-refractivity contribution in [1.29, 1.82) is 0 Å². The van der Waals surface area contributed by atoms with Crippen molar-refractivity contribution in [3.63, 3.8) is 0 Å². The molecule has 3 aromatic carbocycles. The molecule has 0 bridgehead atoms. The molecule has 30 heavy (non-hydrogen) atoms. The molecule has 0 atom stereocenters. The maximum atomic E-state index is 13.0. The minimum absolute atomic E-state index is 0.00146. The molecule has 150 valence electrons. The molecule has 4 rings (SSSR count). The Morgan fingerprint density at radius 3 is 2.47 bits per heavy atom. The largest absolute Gasteiger partial charge is 0.322 e. The molecule has 0 aromatic heterocycles. The molecule has 0 aliphatic carbocycles. The maximum Gasteiger partial charge on any atom is 0.269 e. The van der Waals surface area contributed by atoms with E-state index in [9.17, 15) is 19.7 Å². The van der Waals surface area contributed by atoms with Gasteiger partial charge in [-0.3, -0.25) is 19.7 Å². The van der Waals surface area contributed by atoms with Crippen LogP contribution in [0.25, 0.3) is 11.1 Å². The zero-order valence-corrected chi connectivity index (χ0v) is 16.3. The summed E-state index contributed by atoms with van der Waals surface area (Å²) in [7, 11) is 0. The first-order chi connectivity index (χ1) is 14.4. The summed E-state index contributed by atoms with van der Waals surface area (Å²) >= 11 is 0. The van der Waals surface area contributed by atoms with E-state index in [4.69, 9.17) is 0 Å². The van der Waals surface area contributed by atoms with Gasteiger partial charge >= 0.3 is 0 Å². The van der Waals surface area contributed by atoms with Crippen LogP contribution in [0.4, 0.5) is 17.1 Å².